The van der Waals surface area contributed by atoms with Crippen LogP contribution in [0.4, 0.5) is 4.79 Å². The number of rotatable bonds is 2. The number of carbonyl (C=O) groups is 1. The zero-order valence-corrected chi connectivity index (χ0v) is 11.6. The highest BCUT2D eigenvalue weighted by molar-refractivity contribution is 5.77. The first-order valence-electron chi connectivity index (χ1n) is 6.98. The minimum absolute atomic E-state index is 0.168. The number of hydrogen-bond acceptors (Lipinski definition) is 2. The largest absolute Gasteiger partial charge is 0.320 e. The maximum Gasteiger partial charge on any atom is 0.320 e. The van der Waals surface area contributed by atoms with E-state index >= 15 is 0 Å². The summed E-state index contributed by atoms with van der Waals surface area (Å²) < 4.78 is 0. The van der Waals surface area contributed by atoms with Crippen LogP contribution in [0.5, 0.6) is 0 Å². The Balaban J connectivity index is 1.84. The van der Waals surface area contributed by atoms with E-state index in [4.69, 9.17) is 0 Å². The first-order chi connectivity index (χ1) is 9.18. The number of nitrogens with one attached hydrogen (secondary N) is 1. The van der Waals surface area contributed by atoms with Crippen molar-refractivity contribution in [2.75, 3.05) is 26.7 Å². The van der Waals surface area contributed by atoms with Gasteiger partial charge in [0.25, 0.3) is 0 Å². The van der Waals surface area contributed by atoms with E-state index in [1.807, 2.05) is 22.9 Å². The number of nitrogens with zero attached hydrogens (tertiary/aromatic N) is 2. The van der Waals surface area contributed by atoms with Gasteiger partial charge in [-0.3, -0.25) is 0 Å². The van der Waals surface area contributed by atoms with Crippen molar-refractivity contribution >= 4 is 6.03 Å². The van der Waals surface area contributed by atoms with E-state index in [0.29, 0.717) is 6.04 Å². The van der Waals surface area contributed by atoms with E-state index < -0.39 is 0 Å². The fraction of sp³-hybridized carbons (Fsp3) is 0.533. The van der Waals surface area contributed by atoms with Crippen molar-refractivity contribution in [2.24, 2.45) is 0 Å². The Kier molecular flexibility index (Phi) is 3.19. The minimum atomic E-state index is 0.168. The van der Waals surface area contributed by atoms with Gasteiger partial charge in [0, 0.05) is 26.2 Å². The Hall–Kier alpha value is -1.55. The van der Waals surface area contributed by atoms with E-state index in [1.54, 1.807) is 0 Å². The highest BCUT2D eigenvalue weighted by Crippen LogP contribution is 2.31. The van der Waals surface area contributed by atoms with E-state index in [2.05, 4.69) is 30.4 Å². The van der Waals surface area contributed by atoms with Gasteiger partial charge >= 0.3 is 6.03 Å². The van der Waals surface area contributed by atoms with Gasteiger partial charge in [0.2, 0.25) is 0 Å². The summed E-state index contributed by atoms with van der Waals surface area (Å²) in [6.07, 6.45) is 1.07. The van der Waals surface area contributed by atoms with Gasteiger partial charge in [-0.25, -0.2) is 4.79 Å². The van der Waals surface area contributed by atoms with Crippen LogP contribution in [0, 0.1) is 6.92 Å². The molecule has 2 aliphatic rings. The lowest BCUT2D eigenvalue weighted by Crippen LogP contribution is -2.39. The molecule has 0 saturated carbocycles. The third kappa shape index (κ3) is 2.10. The standard InChI is InChI=1S/C15H21N3O/c1-11-5-3-4-6-13(11)14-10-18(15(19)17(14)2)12-7-8-16-9-12/h3-6,12,14,16H,7-10H2,1-2H3. The zero-order valence-electron chi connectivity index (χ0n) is 11.6. The predicted molar refractivity (Wildman–Crippen MR) is 75.1 cm³/mol. The summed E-state index contributed by atoms with van der Waals surface area (Å²) in [4.78, 5) is 16.3. The second kappa shape index (κ2) is 4.85. The van der Waals surface area contributed by atoms with Crippen LogP contribution < -0.4 is 5.32 Å². The van der Waals surface area contributed by atoms with Crippen LogP contribution in [0.15, 0.2) is 24.3 Å². The summed E-state index contributed by atoms with van der Waals surface area (Å²) in [6.45, 7) is 4.88. The van der Waals surface area contributed by atoms with Crippen LogP contribution in [-0.4, -0.2) is 48.6 Å². The molecule has 2 atom stereocenters. The molecule has 2 saturated heterocycles. The normalized spacial score (nSPS) is 27.4. The molecule has 19 heavy (non-hydrogen) atoms. The van der Waals surface area contributed by atoms with Crippen LogP contribution in [0.1, 0.15) is 23.6 Å². The summed E-state index contributed by atoms with van der Waals surface area (Å²) >= 11 is 0. The quantitative estimate of drug-likeness (QED) is 0.878. The van der Waals surface area contributed by atoms with Crippen molar-refractivity contribution in [2.45, 2.75) is 25.4 Å². The van der Waals surface area contributed by atoms with Crippen molar-refractivity contribution in [1.82, 2.24) is 15.1 Å². The molecule has 0 spiro atoms. The van der Waals surface area contributed by atoms with Crippen molar-refractivity contribution in [3.05, 3.63) is 35.4 Å². The number of amides is 2. The highest BCUT2D eigenvalue weighted by Gasteiger charge is 2.40. The number of likely N-dealkylation sites (N-methyl/N-ethyl adjacent to an activating group) is 1. The third-order valence-electron chi connectivity index (χ3n) is 4.41. The average molecular weight is 259 g/mol. The van der Waals surface area contributed by atoms with E-state index in [0.717, 1.165) is 26.1 Å². The molecule has 0 aliphatic carbocycles. The van der Waals surface area contributed by atoms with Crippen molar-refractivity contribution in [3.63, 3.8) is 0 Å². The van der Waals surface area contributed by atoms with Gasteiger partial charge in [-0.1, -0.05) is 24.3 Å². The molecule has 0 bridgehead atoms. The SMILES string of the molecule is Cc1ccccc1C1CN(C2CCNC2)C(=O)N1C. The first kappa shape index (κ1) is 12.5. The van der Waals surface area contributed by atoms with Crippen LogP contribution in [0.25, 0.3) is 0 Å². The number of hydrogen-bond donors (Lipinski definition) is 1. The number of benzene rings is 1. The maximum absolute atomic E-state index is 12.4. The summed E-state index contributed by atoms with van der Waals surface area (Å²) in [6, 6.07) is 9.09. The summed E-state index contributed by atoms with van der Waals surface area (Å²) in [5.41, 5.74) is 2.53. The van der Waals surface area contributed by atoms with Crippen LogP contribution in [0.2, 0.25) is 0 Å². The van der Waals surface area contributed by atoms with Gasteiger partial charge in [-0.15, -0.1) is 0 Å². The van der Waals surface area contributed by atoms with E-state index in [-0.39, 0.29) is 12.1 Å². The third-order valence-corrected chi connectivity index (χ3v) is 4.41. The zero-order chi connectivity index (χ0) is 13.4. The molecule has 102 valence electrons. The predicted octanol–water partition coefficient (Wildman–Crippen LogP) is 1.77. The topological polar surface area (TPSA) is 35.6 Å². The minimum Gasteiger partial charge on any atom is -0.319 e. The molecule has 0 aromatic heterocycles. The fourth-order valence-corrected chi connectivity index (χ4v) is 3.20. The molecule has 4 heteroatoms. The Morgan fingerprint density at radius 2 is 2.11 bits per heavy atom. The van der Waals surface area contributed by atoms with Gasteiger partial charge < -0.3 is 15.1 Å². The second-order valence-corrected chi connectivity index (χ2v) is 5.56. The van der Waals surface area contributed by atoms with Gasteiger partial charge in [0.1, 0.15) is 0 Å². The Morgan fingerprint density at radius 3 is 2.79 bits per heavy atom. The lowest BCUT2D eigenvalue weighted by molar-refractivity contribution is 0.184. The average Bonchev–Trinajstić information content (AvgIpc) is 3.02. The molecule has 3 rings (SSSR count). The lowest BCUT2D eigenvalue weighted by Gasteiger charge is -2.22. The summed E-state index contributed by atoms with van der Waals surface area (Å²) in [5, 5.41) is 3.34. The number of carbonyl (C=O) groups excluding carboxylic acids is 1. The van der Waals surface area contributed by atoms with Crippen LogP contribution in [-0.2, 0) is 0 Å². The van der Waals surface area contributed by atoms with Crippen LogP contribution in [0.3, 0.4) is 0 Å². The molecule has 0 radical (unpaired) electrons. The van der Waals surface area contributed by atoms with E-state index in [9.17, 15) is 4.79 Å². The van der Waals surface area contributed by atoms with Gasteiger partial charge in [0.15, 0.2) is 0 Å². The molecule has 2 fully saturated rings. The smallest absolute Gasteiger partial charge is 0.319 e. The van der Waals surface area contributed by atoms with Crippen molar-refractivity contribution in [1.29, 1.82) is 0 Å². The monoisotopic (exact) mass is 259 g/mol. The highest BCUT2D eigenvalue weighted by atomic mass is 16.2. The second-order valence-electron chi connectivity index (χ2n) is 5.56. The Bertz CT molecular complexity index is 482. The Morgan fingerprint density at radius 1 is 1.32 bits per heavy atom. The van der Waals surface area contributed by atoms with Crippen LogP contribution >= 0.6 is 0 Å². The Labute approximate surface area is 114 Å². The lowest BCUT2D eigenvalue weighted by atomic mass is 10.0. The molecule has 1 aromatic rings. The van der Waals surface area contributed by atoms with Crippen molar-refractivity contribution in [3.8, 4) is 0 Å². The molecule has 4 nitrogen and oxygen atoms in total. The van der Waals surface area contributed by atoms with Crippen molar-refractivity contribution < 1.29 is 4.79 Å². The summed E-state index contributed by atoms with van der Waals surface area (Å²) in [7, 11) is 1.92. The van der Waals surface area contributed by atoms with Gasteiger partial charge in [-0.2, -0.15) is 0 Å². The summed E-state index contributed by atoms with van der Waals surface area (Å²) in [5.74, 6) is 0. The first-order valence-corrected chi connectivity index (χ1v) is 6.98. The molecule has 2 aliphatic heterocycles. The van der Waals surface area contributed by atoms with E-state index in [1.165, 1.54) is 11.1 Å². The van der Waals surface area contributed by atoms with Gasteiger partial charge in [0.05, 0.1) is 6.04 Å². The van der Waals surface area contributed by atoms with Gasteiger partial charge in [-0.05, 0) is 31.0 Å². The molecule has 2 heterocycles. The molecule has 1 aromatic carbocycles. The number of urea groups is 1. The molecule has 2 amide bonds. The molecular formula is C15H21N3O. The molecule has 1 N–H and O–H groups in total. The number of aryl methyl sites for hydroxylation is 1. The molecule has 2 unspecified atom stereocenters. The fourth-order valence-electron chi connectivity index (χ4n) is 3.20. The maximum atomic E-state index is 12.4. The molecular weight excluding hydrogens is 238 g/mol.